The summed E-state index contributed by atoms with van der Waals surface area (Å²) in [4.78, 5) is 23.7. The quantitative estimate of drug-likeness (QED) is 0.622. The summed E-state index contributed by atoms with van der Waals surface area (Å²) in [5, 5.41) is 4.97. The summed E-state index contributed by atoms with van der Waals surface area (Å²) < 4.78 is 10.7. The molecule has 2 heterocycles. The molecule has 0 aromatic carbocycles. The maximum Gasteiger partial charge on any atom is 0.341 e. The third kappa shape index (κ3) is 3.09. The molecule has 0 atom stereocenters. The second-order valence-electron chi connectivity index (χ2n) is 5.04. The van der Waals surface area contributed by atoms with Gasteiger partial charge < -0.3 is 9.47 Å². The average Bonchev–Trinajstić information content (AvgIpc) is 2.91. The molecule has 6 nitrogen and oxygen atoms in total. The molecule has 0 bridgehead atoms. The molecule has 2 aromatic rings. The number of pyridine rings is 1. The number of carbonyl (C=O) groups is 2. The van der Waals surface area contributed by atoms with Crippen LogP contribution in [0.3, 0.4) is 0 Å². The monoisotopic (exact) mass is 322 g/mol. The second kappa shape index (κ2) is 6.39. The van der Waals surface area contributed by atoms with Gasteiger partial charge in [0.05, 0.1) is 30.5 Å². The van der Waals surface area contributed by atoms with Crippen LogP contribution in [0.25, 0.3) is 5.52 Å². The first kappa shape index (κ1) is 16.4. The minimum Gasteiger partial charge on any atom is -0.468 e. The van der Waals surface area contributed by atoms with Crippen LogP contribution in [0.15, 0.2) is 29.4 Å². The Morgan fingerprint density at radius 1 is 1.36 bits per heavy atom. The van der Waals surface area contributed by atoms with Crippen molar-refractivity contribution in [3.8, 4) is 0 Å². The minimum atomic E-state index is -0.765. The van der Waals surface area contributed by atoms with Crippen LogP contribution >= 0.6 is 11.8 Å². The van der Waals surface area contributed by atoms with Crippen LogP contribution in [0.4, 0.5) is 0 Å². The summed E-state index contributed by atoms with van der Waals surface area (Å²) in [6.07, 6.45) is 1.47. The fourth-order valence-electron chi connectivity index (χ4n) is 1.98. The number of hydrogen-bond acceptors (Lipinski definition) is 6. The summed E-state index contributed by atoms with van der Waals surface area (Å²) in [7, 11) is 1.36. The van der Waals surface area contributed by atoms with Crippen molar-refractivity contribution in [1.82, 2.24) is 9.61 Å². The summed E-state index contributed by atoms with van der Waals surface area (Å²) in [5.41, 5.74) is 1.05. The number of nitrogens with zero attached hydrogens (tertiary/aromatic N) is 2. The molecule has 7 heteroatoms. The number of aromatic nitrogens is 2. The van der Waals surface area contributed by atoms with Crippen molar-refractivity contribution in [2.75, 3.05) is 13.7 Å². The van der Waals surface area contributed by atoms with Crippen molar-refractivity contribution in [3.05, 3.63) is 30.0 Å². The van der Waals surface area contributed by atoms with Crippen molar-refractivity contribution < 1.29 is 19.1 Å². The van der Waals surface area contributed by atoms with Gasteiger partial charge in [-0.05, 0) is 32.9 Å². The molecular weight excluding hydrogens is 304 g/mol. The lowest BCUT2D eigenvalue weighted by atomic mass is 10.2. The Balaban J connectivity index is 2.41. The fourth-order valence-corrected chi connectivity index (χ4v) is 3.05. The van der Waals surface area contributed by atoms with Gasteiger partial charge in [-0.15, -0.1) is 0 Å². The number of hydrogen-bond donors (Lipinski definition) is 0. The second-order valence-corrected chi connectivity index (χ2v) is 6.69. The lowest BCUT2D eigenvalue weighted by molar-refractivity contribution is -0.142. The number of thioether (sulfide) groups is 1. The number of rotatable bonds is 5. The first-order chi connectivity index (χ1) is 10.4. The first-order valence-electron chi connectivity index (χ1n) is 6.82. The summed E-state index contributed by atoms with van der Waals surface area (Å²) >= 11 is 1.32. The van der Waals surface area contributed by atoms with Gasteiger partial charge in [0.15, 0.2) is 0 Å². The molecular formula is C15H18N2O4S. The number of fused-ring (bicyclic) bond motifs is 1. The molecule has 2 aromatic heterocycles. The Bertz CT molecular complexity index is 709. The van der Waals surface area contributed by atoms with E-state index < -0.39 is 10.7 Å². The SMILES string of the molecule is CCOC(=O)c1cnn2c(SC(C)(C)C(=O)OC)cccc12. The molecule has 0 saturated heterocycles. The first-order valence-corrected chi connectivity index (χ1v) is 7.63. The Morgan fingerprint density at radius 3 is 2.73 bits per heavy atom. The lowest BCUT2D eigenvalue weighted by Gasteiger charge is -2.20. The molecule has 0 radical (unpaired) electrons. The largest absolute Gasteiger partial charge is 0.468 e. The molecule has 22 heavy (non-hydrogen) atoms. The van der Waals surface area contributed by atoms with Crippen LogP contribution < -0.4 is 0 Å². The third-order valence-electron chi connectivity index (χ3n) is 3.04. The number of esters is 2. The van der Waals surface area contributed by atoms with Gasteiger partial charge in [-0.3, -0.25) is 4.79 Å². The Hall–Kier alpha value is -2.02. The van der Waals surface area contributed by atoms with Crippen LogP contribution in [-0.2, 0) is 14.3 Å². The normalized spacial score (nSPS) is 11.5. The molecule has 118 valence electrons. The van der Waals surface area contributed by atoms with Crippen molar-refractivity contribution >= 4 is 29.2 Å². The molecule has 2 rings (SSSR count). The summed E-state index contributed by atoms with van der Waals surface area (Å²) in [5.74, 6) is -0.737. The van der Waals surface area contributed by atoms with E-state index in [0.29, 0.717) is 17.7 Å². The van der Waals surface area contributed by atoms with Crippen molar-refractivity contribution in [2.45, 2.75) is 30.5 Å². The average molecular weight is 322 g/mol. The Morgan fingerprint density at radius 2 is 2.09 bits per heavy atom. The zero-order valence-corrected chi connectivity index (χ0v) is 13.8. The number of carbonyl (C=O) groups excluding carboxylic acids is 2. The summed E-state index contributed by atoms with van der Waals surface area (Å²) in [6.45, 7) is 5.61. The van der Waals surface area contributed by atoms with Gasteiger partial charge >= 0.3 is 11.9 Å². The van der Waals surface area contributed by atoms with E-state index in [4.69, 9.17) is 9.47 Å². The van der Waals surface area contributed by atoms with Gasteiger partial charge in [-0.2, -0.15) is 5.10 Å². The van der Waals surface area contributed by atoms with E-state index in [9.17, 15) is 9.59 Å². The predicted molar refractivity (Wildman–Crippen MR) is 83.1 cm³/mol. The highest BCUT2D eigenvalue weighted by molar-refractivity contribution is 8.01. The Kier molecular flexibility index (Phi) is 4.75. The van der Waals surface area contributed by atoms with E-state index in [2.05, 4.69) is 5.10 Å². The van der Waals surface area contributed by atoms with Crippen molar-refractivity contribution in [2.24, 2.45) is 0 Å². The number of methoxy groups -OCH3 is 1. The topological polar surface area (TPSA) is 69.9 Å². The van der Waals surface area contributed by atoms with Crippen LogP contribution in [0, 0.1) is 0 Å². The van der Waals surface area contributed by atoms with Crippen LogP contribution in [0.2, 0.25) is 0 Å². The van der Waals surface area contributed by atoms with E-state index >= 15 is 0 Å². The molecule has 0 fully saturated rings. The smallest absolute Gasteiger partial charge is 0.341 e. The standard InChI is InChI=1S/C15H18N2O4S/c1-5-21-13(18)10-9-16-17-11(10)7-6-8-12(17)22-15(2,3)14(19)20-4/h6-9H,5H2,1-4H3. The van der Waals surface area contributed by atoms with Crippen LogP contribution in [-0.4, -0.2) is 40.0 Å². The highest BCUT2D eigenvalue weighted by Crippen LogP contribution is 2.33. The van der Waals surface area contributed by atoms with Gasteiger partial charge in [-0.25, -0.2) is 9.31 Å². The fraction of sp³-hybridized carbons (Fsp3) is 0.400. The molecule has 0 unspecified atom stereocenters. The lowest BCUT2D eigenvalue weighted by Crippen LogP contribution is -2.29. The minimum absolute atomic E-state index is 0.306. The van der Waals surface area contributed by atoms with Crippen LogP contribution in [0.1, 0.15) is 31.1 Å². The van der Waals surface area contributed by atoms with E-state index in [1.165, 1.54) is 25.1 Å². The van der Waals surface area contributed by atoms with Gasteiger partial charge in [0, 0.05) is 0 Å². The zero-order chi connectivity index (χ0) is 16.3. The van der Waals surface area contributed by atoms with Gasteiger partial charge in [0.2, 0.25) is 0 Å². The molecule has 0 aliphatic heterocycles. The zero-order valence-electron chi connectivity index (χ0n) is 13.0. The van der Waals surface area contributed by atoms with E-state index in [1.807, 2.05) is 12.1 Å². The van der Waals surface area contributed by atoms with E-state index in [1.54, 1.807) is 31.4 Å². The predicted octanol–water partition coefficient (Wildman–Crippen LogP) is 2.55. The highest BCUT2D eigenvalue weighted by atomic mass is 32.2. The molecule has 0 aliphatic carbocycles. The molecule has 0 saturated carbocycles. The van der Waals surface area contributed by atoms with Gasteiger partial charge in [0.25, 0.3) is 0 Å². The van der Waals surface area contributed by atoms with E-state index in [0.717, 1.165) is 5.03 Å². The maximum atomic E-state index is 11.9. The van der Waals surface area contributed by atoms with Crippen LogP contribution in [0.5, 0.6) is 0 Å². The molecule has 0 aliphatic rings. The highest BCUT2D eigenvalue weighted by Gasteiger charge is 2.31. The summed E-state index contributed by atoms with van der Waals surface area (Å²) in [6, 6.07) is 5.44. The third-order valence-corrected chi connectivity index (χ3v) is 4.24. The van der Waals surface area contributed by atoms with Gasteiger partial charge in [0.1, 0.15) is 10.3 Å². The van der Waals surface area contributed by atoms with E-state index in [-0.39, 0.29) is 5.97 Å². The van der Waals surface area contributed by atoms with Gasteiger partial charge in [-0.1, -0.05) is 17.8 Å². The molecule has 0 N–H and O–H groups in total. The van der Waals surface area contributed by atoms with Crippen molar-refractivity contribution in [1.29, 1.82) is 0 Å². The maximum absolute atomic E-state index is 11.9. The molecule has 0 amide bonds. The van der Waals surface area contributed by atoms with Crippen molar-refractivity contribution in [3.63, 3.8) is 0 Å². The molecule has 0 spiro atoms. The Labute approximate surface area is 132 Å². The number of ether oxygens (including phenoxy) is 2.